The second-order valence-electron chi connectivity index (χ2n) is 8.53. The molecule has 2 heteroatoms. The van der Waals surface area contributed by atoms with E-state index in [2.05, 4.69) is 41.5 Å². The van der Waals surface area contributed by atoms with E-state index < -0.39 is 0 Å². The minimum atomic E-state index is 0.924. The molecule has 0 aliphatic heterocycles. The summed E-state index contributed by atoms with van der Waals surface area (Å²) in [6.07, 6.45) is 11.8. The van der Waals surface area contributed by atoms with Crippen LogP contribution in [-0.2, 0) is 0 Å². The van der Waals surface area contributed by atoms with E-state index in [1.165, 1.54) is 51.4 Å². The van der Waals surface area contributed by atoms with Crippen LogP contribution < -0.4 is 0 Å². The van der Waals surface area contributed by atoms with Gasteiger partial charge in [0.05, 0.1) is 0 Å². The van der Waals surface area contributed by atoms with E-state index in [0.717, 1.165) is 35.5 Å². The van der Waals surface area contributed by atoms with Crippen LogP contribution in [0.5, 0.6) is 0 Å². The maximum absolute atomic E-state index is 6.00. The first-order chi connectivity index (χ1) is 10.4. The van der Waals surface area contributed by atoms with Crippen LogP contribution in [0.4, 0.5) is 0 Å². The first-order valence-electron chi connectivity index (χ1n) is 9.60. The third-order valence-corrected chi connectivity index (χ3v) is 6.01. The fourth-order valence-electron chi connectivity index (χ4n) is 3.91. The first-order valence-corrected chi connectivity index (χ1v) is 9.60. The number of rotatable bonds is 2. The molecule has 0 unspecified atom stereocenters. The van der Waals surface area contributed by atoms with Gasteiger partial charge in [-0.1, -0.05) is 67.2 Å². The van der Waals surface area contributed by atoms with Crippen LogP contribution in [0.3, 0.4) is 0 Å². The van der Waals surface area contributed by atoms with E-state index in [1.54, 1.807) is 0 Å². The van der Waals surface area contributed by atoms with Gasteiger partial charge in [0.15, 0.2) is 0 Å². The molecule has 0 aromatic heterocycles. The molecule has 0 bridgehead atoms. The zero-order chi connectivity index (χ0) is 17.1. The second kappa shape index (κ2) is 12.4. The number of hydrogen-bond acceptors (Lipinski definition) is 2. The van der Waals surface area contributed by atoms with Crippen LogP contribution in [0.2, 0.25) is 0 Å². The third kappa shape index (κ3) is 9.15. The highest BCUT2D eigenvalue weighted by Gasteiger charge is 2.20. The molecule has 2 nitrogen and oxygen atoms in total. The van der Waals surface area contributed by atoms with Crippen molar-refractivity contribution in [1.29, 1.82) is 0 Å². The zero-order valence-electron chi connectivity index (χ0n) is 16.0. The maximum atomic E-state index is 6.00. The Bertz CT molecular complexity index is 208. The van der Waals surface area contributed by atoms with Crippen molar-refractivity contribution in [2.75, 3.05) is 0 Å². The van der Waals surface area contributed by atoms with Crippen molar-refractivity contribution in [1.82, 2.24) is 0 Å². The standard InChI is InChI=1S/2C10H20.H2O2/c2*1-8(2)10-6-4-9(3)5-7-10;1-2/h2*8-10H,4-7H2,1-3H3;1-2H. The first kappa shape index (κ1) is 21.9. The van der Waals surface area contributed by atoms with Gasteiger partial charge >= 0.3 is 0 Å². The molecule has 2 fully saturated rings. The van der Waals surface area contributed by atoms with E-state index in [9.17, 15) is 0 Å². The molecule has 0 spiro atoms. The second-order valence-corrected chi connectivity index (χ2v) is 8.53. The van der Waals surface area contributed by atoms with Gasteiger partial charge in [0.25, 0.3) is 0 Å². The molecule has 2 aliphatic carbocycles. The molecule has 2 saturated carbocycles. The van der Waals surface area contributed by atoms with Gasteiger partial charge in [-0.15, -0.1) is 0 Å². The summed E-state index contributed by atoms with van der Waals surface area (Å²) in [6, 6.07) is 0. The van der Waals surface area contributed by atoms with Gasteiger partial charge in [-0.25, -0.2) is 0 Å². The normalized spacial score (nSPS) is 31.9. The van der Waals surface area contributed by atoms with E-state index in [-0.39, 0.29) is 0 Å². The van der Waals surface area contributed by atoms with Gasteiger partial charge in [0.1, 0.15) is 0 Å². The fraction of sp³-hybridized carbons (Fsp3) is 1.00. The van der Waals surface area contributed by atoms with Crippen molar-refractivity contribution in [2.45, 2.75) is 92.9 Å². The summed E-state index contributed by atoms with van der Waals surface area (Å²) in [7, 11) is 0. The molecular weight excluding hydrogens is 272 g/mol. The summed E-state index contributed by atoms with van der Waals surface area (Å²) >= 11 is 0. The largest absolute Gasteiger partial charge is 0.255 e. The summed E-state index contributed by atoms with van der Waals surface area (Å²) in [4.78, 5) is 0. The summed E-state index contributed by atoms with van der Waals surface area (Å²) in [5, 5.41) is 12.0. The highest BCUT2D eigenvalue weighted by Crippen LogP contribution is 2.33. The molecule has 0 aromatic rings. The molecule has 2 rings (SSSR count). The molecule has 0 saturated heterocycles. The van der Waals surface area contributed by atoms with Gasteiger partial charge in [0, 0.05) is 0 Å². The maximum Gasteiger partial charge on any atom is -0.0391 e. The van der Waals surface area contributed by atoms with Crippen molar-refractivity contribution in [2.24, 2.45) is 35.5 Å². The summed E-state index contributed by atoms with van der Waals surface area (Å²) in [6.45, 7) is 14.2. The zero-order valence-corrected chi connectivity index (χ0v) is 16.0. The lowest BCUT2D eigenvalue weighted by Gasteiger charge is -2.28. The molecule has 0 radical (unpaired) electrons. The molecule has 134 valence electrons. The van der Waals surface area contributed by atoms with E-state index in [0.29, 0.717) is 0 Å². The lowest BCUT2D eigenvalue weighted by molar-refractivity contribution is -0.176. The minimum Gasteiger partial charge on any atom is -0.255 e. The Morgan fingerprint density at radius 2 is 0.773 bits per heavy atom. The van der Waals surface area contributed by atoms with Crippen LogP contribution in [0.1, 0.15) is 92.9 Å². The molecule has 2 N–H and O–H groups in total. The Kier molecular flexibility index (Phi) is 12.3. The highest BCUT2D eigenvalue weighted by molar-refractivity contribution is 4.72. The minimum absolute atomic E-state index is 0.924. The van der Waals surface area contributed by atoms with E-state index in [4.69, 9.17) is 10.5 Å². The lowest BCUT2D eigenvalue weighted by Crippen LogP contribution is -2.16. The van der Waals surface area contributed by atoms with E-state index >= 15 is 0 Å². The van der Waals surface area contributed by atoms with Gasteiger partial charge in [-0.3, -0.25) is 10.5 Å². The van der Waals surface area contributed by atoms with Crippen molar-refractivity contribution in [3.63, 3.8) is 0 Å². The van der Waals surface area contributed by atoms with Gasteiger partial charge in [-0.2, -0.15) is 0 Å². The van der Waals surface area contributed by atoms with Crippen LogP contribution >= 0.6 is 0 Å². The molecule has 0 heterocycles. The molecule has 22 heavy (non-hydrogen) atoms. The average Bonchev–Trinajstić information content (AvgIpc) is 2.51. The predicted octanol–water partition coefficient (Wildman–Crippen LogP) is 6.95. The van der Waals surface area contributed by atoms with E-state index in [1.807, 2.05) is 0 Å². The van der Waals surface area contributed by atoms with Crippen LogP contribution in [-0.4, -0.2) is 10.5 Å². The van der Waals surface area contributed by atoms with Crippen LogP contribution in [0.15, 0.2) is 0 Å². The highest BCUT2D eigenvalue weighted by atomic mass is 17.0. The average molecular weight is 315 g/mol. The number of hydrogen-bond donors (Lipinski definition) is 2. The molecule has 0 amide bonds. The molecule has 0 aromatic carbocycles. The third-order valence-electron chi connectivity index (χ3n) is 6.01. The predicted molar refractivity (Wildman–Crippen MR) is 97.2 cm³/mol. The van der Waals surface area contributed by atoms with Gasteiger partial charge in [0.2, 0.25) is 0 Å². The fourth-order valence-corrected chi connectivity index (χ4v) is 3.91. The monoisotopic (exact) mass is 314 g/mol. The topological polar surface area (TPSA) is 40.5 Å². The van der Waals surface area contributed by atoms with Crippen molar-refractivity contribution >= 4 is 0 Å². The summed E-state index contributed by atoms with van der Waals surface area (Å²) in [5.74, 6) is 5.94. The lowest BCUT2D eigenvalue weighted by atomic mass is 9.78. The van der Waals surface area contributed by atoms with Gasteiger partial charge < -0.3 is 0 Å². The Hall–Kier alpha value is -0.0800. The van der Waals surface area contributed by atoms with Crippen molar-refractivity contribution in [3.8, 4) is 0 Å². The Morgan fingerprint density at radius 1 is 0.545 bits per heavy atom. The molecular formula is C20H42O2. The van der Waals surface area contributed by atoms with Crippen molar-refractivity contribution < 1.29 is 10.5 Å². The smallest absolute Gasteiger partial charge is 0.0391 e. The Morgan fingerprint density at radius 3 is 0.955 bits per heavy atom. The Labute approximate surface area is 139 Å². The Balaban J connectivity index is 0.000000360. The summed E-state index contributed by atoms with van der Waals surface area (Å²) < 4.78 is 0. The van der Waals surface area contributed by atoms with Gasteiger partial charge in [-0.05, 0) is 61.2 Å². The quantitative estimate of drug-likeness (QED) is 0.427. The van der Waals surface area contributed by atoms with Crippen LogP contribution in [0.25, 0.3) is 0 Å². The molecule has 2 aliphatic rings. The molecule has 0 atom stereocenters. The van der Waals surface area contributed by atoms with Crippen LogP contribution in [0, 0.1) is 35.5 Å². The van der Waals surface area contributed by atoms with Crippen molar-refractivity contribution in [3.05, 3.63) is 0 Å². The summed E-state index contributed by atoms with van der Waals surface area (Å²) in [5.41, 5.74) is 0. The SMILES string of the molecule is CC1CCC(C(C)C)CC1.CC1CCC(C(C)C)CC1.OO.